The summed E-state index contributed by atoms with van der Waals surface area (Å²) in [4.78, 5) is 17.4. The van der Waals surface area contributed by atoms with E-state index >= 15 is 0 Å². The Bertz CT molecular complexity index is 348. The predicted octanol–water partition coefficient (Wildman–Crippen LogP) is 2.20. The third-order valence-corrected chi connectivity index (χ3v) is 5.57. The summed E-state index contributed by atoms with van der Waals surface area (Å²) >= 11 is 0. The molecule has 21 heavy (non-hydrogen) atoms. The van der Waals surface area contributed by atoms with Crippen molar-refractivity contribution in [3.05, 3.63) is 0 Å². The normalized spacial score (nSPS) is 31.7. The maximum Gasteiger partial charge on any atom is 0.241 e. The van der Waals surface area contributed by atoms with Crippen LogP contribution in [0.2, 0.25) is 0 Å². The Balaban J connectivity index is 1.61. The van der Waals surface area contributed by atoms with Crippen LogP contribution in [0.25, 0.3) is 0 Å². The fourth-order valence-corrected chi connectivity index (χ4v) is 4.37. The Morgan fingerprint density at radius 2 is 1.81 bits per heavy atom. The standard InChI is InChI=1S/C17H31N3O/c1-2-7-15-17(21)20(13-12-19-10-5-6-11-19)16(18-15)14-8-3-4-9-14/h14-16,18H,2-13H2,1H3. The second kappa shape index (κ2) is 7.10. The lowest BCUT2D eigenvalue weighted by Crippen LogP contribution is -2.45. The monoisotopic (exact) mass is 293 g/mol. The summed E-state index contributed by atoms with van der Waals surface area (Å²) in [6.07, 6.45) is 10.3. The van der Waals surface area contributed by atoms with E-state index in [1.54, 1.807) is 0 Å². The fraction of sp³-hybridized carbons (Fsp3) is 0.941. The van der Waals surface area contributed by atoms with Gasteiger partial charge in [0.05, 0.1) is 12.2 Å². The van der Waals surface area contributed by atoms with E-state index in [0.29, 0.717) is 18.0 Å². The Morgan fingerprint density at radius 1 is 1.10 bits per heavy atom. The second-order valence-corrected chi connectivity index (χ2v) is 7.08. The summed E-state index contributed by atoms with van der Waals surface area (Å²) in [7, 11) is 0. The molecular weight excluding hydrogens is 262 g/mol. The van der Waals surface area contributed by atoms with Gasteiger partial charge in [0.2, 0.25) is 5.91 Å². The molecule has 2 saturated heterocycles. The Hall–Kier alpha value is -0.610. The molecule has 0 spiro atoms. The number of carbonyl (C=O) groups excluding carboxylic acids is 1. The molecule has 1 aliphatic carbocycles. The van der Waals surface area contributed by atoms with Crippen LogP contribution < -0.4 is 5.32 Å². The number of hydrogen-bond acceptors (Lipinski definition) is 3. The molecule has 4 nitrogen and oxygen atoms in total. The molecule has 0 radical (unpaired) electrons. The van der Waals surface area contributed by atoms with E-state index in [1.165, 1.54) is 51.6 Å². The third kappa shape index (κ3) is 3.42. The van der Waals surface area contributed by atoms with Crippen LogP contribution in [0.5, 0.6) is 0 Å². The topological polar surface area (TPSA) is 35.6 Å². The van der Waals surface area contributed by atoms with Gasteiger partial charge >= 0.3 is 0 Å². The van der Waals surface area contributed by atoms with Crippen molar-refractivity contribution in [1.29, 1.82) is 0 Å². The van der Waals surface area contributed by atoms with E-state index in [1.807, 2.05) is 0 Å². The lowest BCUT2D eigenvalue weighted by molar-refractivity contribution is -0.130. The van der Waals surface area contributed by atoms with E-state index in [0.717, 1.165) is 25.9 Å². The number of hydrogen-bond donors (Lipinski definition) is 1. The summed E-state index contributed by atoms with van der Waals surface area (Å²) in [5, 5.41) is 3.67. The van der Waals surface area contributed by atoms with Crippen LogP contribution in [0.4, 0.5) is 0 Å². The summed E-state index contributed by atoms with van der Waals surface area (Å²) in [5.41, 5.74) is 0. The smallest absolute Gasteiger partial charge is 0.241 e. The number of nitrogens with one attached hydrogen (secondary N) is 1. The van der Waals surface area contributed by atoms with Gasteiger partial charge in [0.15, 0.2) is 0 Å². The highest BCUT2D eigenvalue weighted by Crippen LogP contribution is 2.32. The van der Waals surface area contributed by atoms with Gasteiger partial charge in [-0.2, -0.15) is 0 Å². The van der Waals surface area contributed by atoms with Crippen molar-refractivity contribution in [2.24, 2.45) is 5.92 Å². The van der Waals surface area contributed by atoms with Crippen LogP contribution in [0, 0.1) is 5.92 Å². The molecule has 1 saturated carbocycles. The fourth-order valence-electron chi connectivity index (χ4n) is 4.37. The van der Waals surface area contributed by atoms with Crippen LogP contribution >= 0.6 is 0 Å². The molecule has 0 aromatic carbocycles. The van der Waals surface area contributed by atoms with Gasteiger partial charge in [-0.15, -0.1) is 0 Å². The van der Waals surface area contributed by atoms with Crippen molar-refractivity contribution in [2.45, 2.75) is 70.5 Å². The maximum absolute atomic E-state index is 12.7. The molecule has 120 valence electrons. The molecular formula is C17H31N3O. The first kappa shape index (κ1) is 15.3. The highest BCUT2D eigenvalue weighted by atomic mass is 16.2. The first-order chi connectivity index (χ1) is 10.3. The van der Waals surface area contributed by atoms with E-state index in [-0.39, 0.29) is 6.04 Å². The van der Waals surface area contributed by atoms with Crippen LogP contribution in [-0.4, -0.2) is 54.1 Å². The minimum absolute atomic E-state index is 0.0826. The number of nitrogens with zero attached hydrogens (tertiary/aromatic N) is 2. The molecule has 2 heterocycles. The Kier molecular flexibility index (Phi) is 5.17. The Morgan fingerprint density at radius 3 is 2.48 bits per heavy atom. The molecule has 1 amide bonds. The van der Waals surface area contributed by atoms with Gasteiger partial charge in [-0.1, -0.05) is 26.2 Å². The molecule has 2 unspecified atom stereocenters. The molecule has 2 aliphatic heterocycles. The van der Waals surface area contributed by atoms with E-state index in [9.17, 15) is 4.79 Å². The van der Waals surface area contributed by atoms with Crippen molar-refractivity contribution in [3.63, 3.8) is 0 Å². The third-order valence-electron chi connectivity index (χ3n) is 5.57. The van der Waals surface area contributed by atoms with E-state index in [4.69, 9.17) is 0 Å². The van der Waals surface area contributed by atoms with Gasteiger partial charge in [-0.25, -0.2) is 0 Å². The minimum atomic E-state index is 0.0826. The van der Waals surface area contributed by atoms with Crippen LogP contribution in [0.3, 0.4) is 0 Å². The van der Waals surface area contributed by atoms with Gasteiger partial charge in [0.25, 0.3) is 0 Å². The van der Waals surface area contributed by atoms with Gasteiger partial charge < -0.3 is 9.80 Å². The molecule has 3 rings (SSSR count). The van der Waals surface area contributed by atoms with Crippen molar-refractivity contribution < 1.29 is 4.79 Å². The maximum atomic E-state index is 12.7. The molecule has 0 aromatic heterocycles. The average Bonchev–Trinajstić information content (AvgIpc) is 3.20. The zero-order chi connectivity index (χ0) is 14.7. The first-order valence-electron chi connectivity index (χ1n) is 9.08. The summed E-state index contributed by atoms with van der Waals surface area (Å²) in [6.45, 7) is 6.61. The van der Waals surface area contributed by atoms with Crippen molar-refractivity contribution in [3.8, 4) is 0 Å². The molecule has 0 bridgehead atoms. The molecule has 3 fully saturated rings. The van der Waals surface area contributed by atoms with Crippen LogP contribution in [0.1, 0.15) is 58.3 Å². The Labute approximate surface area is 129 Å². The number of likely N-dealkylation sites (tertiary alicyclic amines) is 1. The number of amides is 1. The SMILES string of the molecule is CCCC1NC(C2CCCC2)N(CCN2CCCC2)C1=O. The van der Waals surface area contributed by atoms with Gasteiger partial charge in [0, 0.05) is 13.1 Å². The van der Waals surface area contributed by atoms with Crippen molar-refractivity contribution >= 4 is 5.91 Å². The van der Waals surface area contributed by atoms with Gasteiger partial charge in [-0.05, 0) is 51.1 Å². The molecule has 1 N–H and O–H groups in total. The zero-order valence-electron chi connectivity index (χ0n) is 13.5. The van der Waals surface area contributed by atoms with E-state index in [2.05, 4.69) is 22.0 Å². The minimum Gasteiger partial charge on any atom is -0.324 e. The molecule has 4 heteroatoms. The largest absolute Gasteiger partial charge is 0.324 e. The van der Waals surface area contributed by atoms with E-state index < -0.39 is 0 Å². The van der Waals surface area contributed by atoms with Crippen LogP contribution in [0.15, 0.2) is 0 Å². The number of rotatable bonds is 6. The molecule has 3 aliphatic rings. The molecule has 2 atom stereocenters. The van der Waals surface area contributed by atoms with Crippen LogP contribution in [-0.2, 0) is 4.79 Å². The molecule has 0 aromatic rings. The average molecular weight is 293 g/mol. The lowest BCUT2D eigenvalue weighted by Gasteiger charge is -2.30. The summed E-state index contributed by atoms with van der Waals surface area (Å²) in [5.74, 6) is 1.06. The second-order valence-electron chi connectivity index (χ2n) is 7.08. The highest BCUT2D eigenvalue weighted by Gasteiger charge is 2.42. The van der Waals surface area contributed by atoms with Gasteiger partial charge in [0.1, 0.15) is 0 Å². The van der Waals surface area contributed by atoms with Gasteiger partial charge in [-0.3, -0.25) is 10.1 Å². The lowest BCUT2D eigenvalue weighted by atomic mass is 10.0. The highest BCUT2D eigenvalue weighted by molar-refractivity contribution is 5.84. The number of carbonyl (C=O) groups is 1. The zero-order valence-corrected chi connectivity index (χ0v) is 13.5. The van der Waals surface area contributed by atoms with Crippen molar-refractivity contribution in [1.82, 2.24) is 15.1 Å². The van der Waals surface area contributed by atoms with Crippen molar-refractivity contribution in [2.75, 3.05) is 26.2 Å². The summed E-state index contributed by atoms with van der Waals surface area (Å²) in [6, 6.07) is 0.0826. The predicted molar refractivity (Wildman–Crippen MR) is 85.0 cm³/mol. The quantitative estimate of drug-likeness (QED) is 0.815. The summed E-state index contributed by atoms with van der Waals surface area (Å²) < 4.78 is 0. The first-order valence-corrected chi connectivity index (χ1v) is 9.08.